The van der Waals surface area contributed by atoms with Crippen LogP contribution in [0.25, 0.3) is 0 Å². The summed E-state index contributed by atoms with van der Waals surface area (Å²) in [5.41, 5.74) is 7.64. The maximum absolute atomic E-state index is 12.8. The van der Waals surface area contributed by atoms with E-state index in [-0.39, 0.29) is 11.8 Å². The Balaban J connectivity index is 1.83. The summed E-state index contributed by atoms with van der Waals surface area (Å²) in [7, 11) is 0. The number of aliphatic imine (C=N–C) groups is 1. The van der Waals surface area contributed by atoms with Crippen molar-refractivity contribution in [2.75, 3.05) is 5.32 Å². The van der Waals surface area contributed by atoms with E-state index in [2.05, 4.69) is 38.2 Å². The van der Waals surface area contributed by atoms with E-state index in [0.717, 1.165) is 41.9 Å². The summed E-state index contributed by atoms with van der Waals surface area (Å²) in [4.78, 5) is 17.7. The lowest BCUT2D eigenvalue weighted by Crippen LogP contribution is -2.26. The van der Waals surface area contributed by atoms with Gasteiger partial charge < -0.3 is 5.32 Å². The Labute approximate surface area is 150 Å². The molecule has 1 atom stereocenters. The first kappa shape index (κ1) is 17.4. The number of nitrogens with zero attached hydrogens (tertiary/aromatic N) is 1. The van der Waals surface area contributed by atoms with Crippen LogP contribution in [0.2, 0.25) is 0 Å². The van der Waals surface area contributed by atoms with Gasteiger partial charge in [-0.05, 0) is 81.3 Å². The van der Waals surface area contributed by atoms with Gasteiger partial charge in [0.25, 0.3) is 0 Å². The molecule has 3 nitrogen and oxygen atoms in total. The highest BCUT2D eigenvalue weighted by molar-refractivity contribution is 6.11. The van der Waals surface area contributed by atoms with Crippen LogP contribution < -0.4 is 5.32 Å². The van der Waals surface area contributed by atoms with Gasteiger partial charge in [0.1, 0.15) is 0 Å². The molecule has 1 fully saturated rings. The fourth-order valence-electron chi connectivity index (χ4n) is 3.36. The number of carbonyl (C=O) groups excluding carboxylic acids is 1. The molecule has 130 valence electrons. The molecule has 0 spiro atoms. The molecule has 1 saturated carbocycles. The SMILES string of the molecule is Cc1cccc(N=C2CCC[C@H]2C(=O)Nc2cccc(C)c2C)c1C. The fraction of sp³-hybridized carbons (Fsp3) is 0.364. The molecule has 0 unspecified atom stereocenters. The normalized spacial score (nSPS) is 18.6. The fourth-order valence-corrected chi connectivity index (χ4v) is 3.36. The van der Waals surface area contributed by atoms with Crippen LogP contribution in [0.15, 0.2) is 41.4 Å². The zero-order valence-electron chi connectivity index (χ0n) is 15.5. The Hall–Kier alpha value is -2.42. The first-order valence-electron chi connectivity index (χ1n) is 8.98. The smallest absolute Gasteiger partial charge is 0.233 e. The summed E-state index contributed by atoms with van der Waals surface area (Å²) in [5, 5.41) is 3.11. The van der Waals surface area contributed by atoms with Crippen LogP contribution >= 0.6 is 0 Å². The van der Waals surface area contributed by atoms with Crippen LogP contribution in [0.3, 0.4) is 0 Å². The van der Waals surface area contributed by atoms with Crippen molar-refractivity contribution in [3.63, 3.8) is 0 Å². The van der Waals surface area contributed by atoms with Crippen LogP contribution in [0.4, 0.5) is 11.4 Å². The highest BCUT2D eigenvalue weighted by Crippen LogP contribution is 2.30. The number of anilines is 1. The van der Waals surface area contributed by atoms with Crippen molar-refractivity contribution in [3.05, 3.63) is 58.7 Å². The van der Waals surface area contributed by atoms with Crippen LogP contribution in [0.5, 0.6) is 0 Å². The van der Waals surface area contributed by atoms with Gasteiger partial charge in [0.15, 0.2) is 0 Å². The summed E-state index contributed by atoms with van der Waals surface area (Å²) in [6.07, 6.45) is 2.80. The highest BCUT2D eigenvalue weighted by Gasteiger charge is 2.29. The molecule has 2 aromatic rings. The van der Waals surface area contributed by atoms with Crippen LogP contribution in [-0.4, -0.2) is 11.6 Å². The molecule has 25 heavy (non-hydrogen) atoms. The van der Waals surface area contributed by atoms with Gasteiger partial charge in [0.2, 0.25) is 5.91 Å². The van der Waals surface area contributed by atoms with Gasteiger partial charge >= 0.3 is 0 Å². The van der Waals surface area contributed by atoms with Gasteiger partial charge in [-0.25, -0.2) is 0 Å². The van der Waals surface area contributed by atoms with Crippen LogP contribution in [-0.2, 0) is 4.79 Å². The van der Waals surface area contributed by atoms with Gasteiger partial charge in [0, 0.05) is 11.4 Å². The third-order valence-corrected chi connectivity index (χ3v) is 5.35. The molecule has 3 heteroatoms. The van der Waals surface area contributed by atoms with E-state index in [4.69, 9.17) is 4.99 Å². The molecule has 0 heterocycles. The Morgan fingerprint density at radius 3 is 2.44 bits per heavy atom. The number of hydrogen-bond donors (Lipinski definition) is 1. The molecule has 0 bridgehead atoms. The summed E-state index contributed by atoms with van der Waals surface area (Å²) >= 11 is 0. The zero-order chi connectivity index (χ0) is 18.0. The number of benzene rings is 2. The van der Waals surface area contributed by atoms with Crippen molar-refractivity contribution in [2.45, 2.75) is 47.0 Å². The second kappa shape index (κ2) is 7.22. The Morgan fingerprint density at radius 1 is 1.00 bits per heavy atom. The summed E-state index contributed by atoms with van der Waals surface area (Å²) in [6, 6.07) is 12.2. The number of nitrogens with one attached hydrogen (secondary N) is 1. The molecule has 2 aromatic carbocycles. The third-order valence-electron chi connectivity index (χ3n) is 5.35. The van der Waals surface area contributed by atoms with Gasteiger partial charge in [-0.3, -0.25) is 9.79 Å². The van der Waals surface area contributed by atoms with E-state index in [1.165, 1.54) is 16.7 Å². The van der Waals surface area contributed by atoms with Gasteiger partial charge in [0.05, 0.1) is 11.6 Å². The van der Waals surface area contributed by atoms with Crippen molar-refractivity contribution in [3.8, 4) is 0 Å². The van der Waals surface area contributed by atoms with E-state index in [1.807, 2.05) is 31.2 Å². The monoisotopic (exact) mass is 334 g/mol. The minimum Gasteiger partial charge on any atom is -0.325 e. The zero-order valence-corrected chi connectivity index (χ0v) is 15.5. The standard InChI is InChI=1S/C22H26N2O/c1-14-8-5-11-19(16(14)3)23-21-13-7-10-18(21)22(25)24-20-12-6-9-15(2)17(20)4/h5-6,8-9,11-12,18H,7,10,13H2,1-4H3,(H,24,25)/t18-/m1/s1. The number of rotatable bonds is 3. The second-order valence-electron chi connectivity index (χ2n) is 7.00. The van der Waals surface area contributed by atoms with E-state index < -0.39 is 0 Å². The van der Waals surface area contributed by atoms with E-state index in [9.17, 15) is 4.79 Å². The predicted octanol–water partition coefficient (Wildman–Crippen LogP) is 5.43. The molecule has 3 rings (SSSR count). The second-order valence-corrected chi connectivity index (χ2v) is 7.00. The van der Waals surface area contributed by atoms with Crippen molar-refractivity contribution in [2.24, 2.45) is 10.9 Å². The van der Waals surface area contributed by atoms with E-state index >= 15 is 0 Å². The average Bonchev–Trinajstić information content (AvgIpc) is 3.04. The summed E-state index contributed by atoms with van der Waals surface area (Å²) in [6.45, 7) is 8.30. The Kier molecular flexibility index (Phi) is 5.03. The first-order valence-corrected chi connectivity index (χ1v) is 8.98. The summed E-state index contributed by atoms with van der Waals surface area (Å²) in [5.74, 6) is -0.0601. The van der Waals surface area contributed by atoms with E-state index in [1.54, 1.807) is 0 Å². The number of hydrogen-bond acceptors (Lipinski definition) is 2. The third kappa shape index (κ3) is 3.65. The Morgan fingerprint density at radius 2 is 1.68 bits per heavy atom. The molecular formula is C22H26N2O. The van der Waals surface area contributed by atoms with Crippen molar-refractivity contribution >= 4 is 23.0 Å². The molecule has 0 aliphatic heterocycles. The van der Waals surface area contributed by atoms with Gasteiger partial charge in [-0.2, -0.15) is 0 Å². The lowest BCUT2D eigenvalue weighted by Gasteiger charge is -2.15. The number of carbonyl (C=O) groups is 1. The lowest BCUT2D eigenvalue weighted by atomic mass is 10.0. The molecule has 0 radical (unpaired) electrons. The molecule has 1 N–H and O–H groups in total. The average molecular weight is 334 g/mol. The summed E-state index contributed by atoms with van der Waals surface area (Å²) < 4.78 is 0. The quantitative estimate of drug-likeness (QED) is 0.798. The molecular weight excluding hydrogens is 308 g/mol. The molecule has 1 amide bonds. The lowest BCUT2D eigenvalue weighted by molar-refractivity contribution is -0.118. The van der Waals surface area contributed by atoms with Crippen LogP contribution in [0.1, 0.15) is 41.5 Å². The number of amides is 1. The first-order chi connectivity index (χ1) is 12.0. The molecule has 0 saturated heterocycles. The van der Waals surface area contributed by atoms with Crippen molar-refractivity contribution in [1.82, 2.24) is 0 Å². The van der Waals surface area contributed by atoms with Gasteiger partial charge in [-0.15, -0.1) is 0 Å². The maximum atomic E-state index is 12.8. The van der Waals surface area contributed by atoms with Crippen LogP contribution in [0, 0.1) is 33.6 Å². The minimum absolute atomic E-state index is 0.0651. The largest absolute Gasteiger partial charge is 0.325 e. The topological polar surface area (TPSA) is 41.5 Å². The van der Waals surface area contributed by atoms with E-state index in [0.29, 0.717) is 0 Å². The minimum atomic E-state index is -0.125. The predicted molar refractivity (Wildman–Crippen MR) is 105 cm³/mol. The number of aryl methyl sites for hydroxylation is 2. The Bertz CT molecular complexity index is 836. The maximum Gasteiger partial charge on any atom is 0.233 e. The van der Waals surface area contributed by atoms with Crippen molar-refractivity contribution < 1.29 is 4.79 Å². The molecule has 1 aliphatic rings. The van der Waals surface area contributed by atoms with Gasteiger partial charge in [-0.1, -0.05) is 24.3 Å². The highest BCUT2D eigenvalue weighted by atomic mass is 16.1. The van der Waals surface area contributed by atoms with Crippen molar-refractivity contribution in [1.29, 1.82) is 0 Å². The molecule has 0 aromatic heterocycles. The molecule has 1 aliphatic carbocycles.